The first-order chi connectivity index (χ1) is 9.28. The summed E-state index contributed by atoms with van der Waals surface area (Å²) in [6.45, 7) is 2.79. The topological polar surface area (TPSA) is 87.8 Å². The second-order valence-electron chi connectivity index (χ2n) is 4.33. The number of hydrogen-bond donors (Lipinski definition) is 3. The molecule has 19 heavy (non-hydrogen) atoms. The highest BCUT2D eigenvalue weighted by molar-refractivity contribution is 5.83. The van der Waals surface area contributed by atoms with Gasteiger partial charge in [-0.1, -0.05) is 13.3 Å². The lowest BCUT2D eigenvalue weighted by Gasteiger charge is -2.18. The fraction of sp³-hybridized carbons (Fsp3) is 0.583. The first-order valence-electron chi connectivity index (χ1n) is 6.42. The highest BCUT2D eigenvalue weighted by Crippen LogP contribution is 2.20. The highest BCUT2D eigenvalue weighted by Gasteiger charge is 2.13. The Kier molecular flexibility index (Phi) is 4.51. The molecule has 0 saturated heterocycles. The van der Waals surface area contributed by atoms with Crippen molar-refractivity contribution in [1.29, 1.82) is 0 Å². The van der Waals surface area contributed by atoms with E-state index in [1.807, 2.05) is 0 Å². The minimum Gasteiger partial charge on any atom is -0.383 e. The Balaban J connectivity index is 2.28. The average Bonchev–Trinajstić information content (AvgIpc) is 2.87. The predicted octanol–water partition coefficient (Wildman–Crippen LogP) is 1.62. The van der Waals surface area contributed by atoms with E-state index in [0.717, 1.165) is 24.2 Å². The summed E-state index contributed by atoms with van der Waals surface area (Å²) in [6.07, 6.45) is 3.72. The number of ether oxygens (including phenoxy) is 1. The van der Waals surface area contributed by atoms with Gasteiger partial charge in [-0.3, -0.25) is 0 Å². The molecule has 7 nitrogen and oxygen atoms in total. The van der Waals surface area contributed by atoms with E-state index in [0.29, 0.717) is 18.2 Å². The number of nitrogens with zero attached hydrogens (tertiary/aromatic N) is 3. The summed E-state index contributed by atoms with van der Waals surface area (Å²) in [5.41, 5.74) is 1.46. The number of aromatic amines is 1. The molecule has 0 aliphatic carbocycles. The van der Waals surface area contributed by atoms with E-state index >= 15 is 0 Å². The molecule has 2 heterocycles. The lowest BCUT2D eigenvalue weighted by molar-refractivity contribution is 0.182. The largest absolute Gasteiger partial charge is 0.383 e. The summed E-state index contributed by atoms with van der Waals surface area (Å²) in [7, 11) is 3.49. The molecule has 0 radical (unpaired) electrons. The Morgan fingerprint density at radius 1 is 1.42 bits per heavy atom. The fourth-order valence-corrected chi connectivity index (χ4v) is 1.99. The summed E-state index contributed by atoms with van der Waals surface area (Å²) in [5, 5.41) is 6.34. The third-order valence-corrected chi connectivity index (χ3v) is 2.86. The van der Waals surface area contributed by atoms with Crippen molar-refractivity contribution in [3.05, 3.63) is 6.33 Å². The molecule has 2 aromatic rings. The van der Waals surface area contributed by atoms with Crippen LogP contribution in [-0.4, -0.2) is 46.7 Å². The molecule has 0 spiro atoms. The highest BCUT2D eigenvalue weighted by atomic mass is 16.5. The fourth-order valence-electron chi connectivity index (χ4n) is 1.99. The zero-order valence-electron chi connectivity index (χ0n) is 11.5. The average molecular weight is 264 g/mol. The van der Waals surface area contributed by atoms with Gasteiger partial charge in [0.05, 0.1) is 19.0 Å². The molecule has 0 aliphatic heterocycles. The molecule has 0 amide bonds. The first-order valence-corrected chi connectivity index (χ1v) is 6.42. The number of methoxy groups -OCH3 is 1. The Morgan fingerprint density at radius 2 is 2.26 bits per heavy atom. The Bertz CT molecular complexity index is 520. The lowest BCUT2D eigenvalue weighted by atomic mass is 10.2. The summed E-state index contributed by atoms with van der Waals surface area (Å²) >= 11 is 0. The maximum Gasteiger partial charge on any atom is 0.226 e. The van der Waals surface area contributed by atoms with Crippen molar-refractivity contribution >= 4 is 22.9 Å². The number of hydrogen-bond acceptors (Lipinski definition) is 6. The zero-order chi connectivity index (χ0) is 13.7. The molecule has 2 rings (SSSR count). The second-order valence-corrected chi connectivity index (χ2v) is 4.33. The van der Waals surface area contributed by atoms with Crippen molar-refractivity contribution in [2.24, 2.45) is 0 Å². The van der Waals surface area contributed by atoms with Gasteiger partial charge in [0.1, 0.15) is 5.52 Å². The minimum absolute atomic E-state index is 0.223. The van der Waals surface area contributed by atoms with Crippen LogP contribution in [0.15, 0.2) is 6.33 Å². The molecule has 3 N–H and O–H groups in total. The van der Waals surface area contributed by atoms with Gasteiger partial charge in [0.2, 0.25) is 5.95 Å². The third-order valence-electron chi connectivity index (χ3n) is 2.86. The maximum atomic E-state index is 5.23. The maximum absolute atomic E-state index is 5.23. The lowest BCUT2D eigenvalue weighted by Crippen LogP contribution is -2.25. The third kappa shape index (κ3) is 3.11. The van der Waals surface area contributed by atoms with E-state index in [-0.39, 0.29) is 6.04 Å². The van der Waals surface area contributed by atoms with Crippen LogP contribution in [0.4, 0.5) is 11.8 Å². The van der Waals surface area contributed by atoms with Crippen molar-refractivity contribution in [2.45, 2.75) is 25.8 Å². The smallest absolute Gasteiger partial charge is 0.226 e. The van der Waals surface area contributed by atoms with Gasteiger partial charge in [-0.05, 0) is 6.42 Å². The summed E-state index contributed by atoms with van der Waals surface area (Å²) in [5.74, 6) is 1.30. The van der Waals surface area contributed by atoms with E-state index < -0.39 is 0 Å². The van der Waals surface area contributed by atoms with Crippen LogP contribution in [0.2, 0.25) is 0 Å². The Morgan fingerprint density at radius 3 is 2.95 bits per heavy atom. The molecule has 0 saturated carbocycles. The zero-order valence-corrected chi connectivity index (χ0v) is 11.5. The van der Waals surface area contributed by atoms with Crippen molar-refractivity contribution in [3.63, 3.8) is 0 Å². The van der Waals surface area contributed by atoms with E-state index in [1.165, 1.54) is 0 Å². The molecule has 1 unspecified atom stereocenters. The predicted molar refractivity (Wildman–Crippen MR) is 75.4 cm³/mol. The van der Waals surface area contributed by atoms with Crippen molar-refractivity contribution in [2.75, 3.05) is 31.4 Å². The number of anilines is 2. The van der Waals surface area contributed by atoms with Gasteiger partial charge < -0.3 is 20.4 Å². The van der Waals surface area contributed by atoms with Gasteiger partial charge in [0, 0.05) is 14.2 Å². The van der Waals surface area contributed by atoms with Crippen LogP contribution in [0, 0.1) is 0 Å². The molecule has 2 aromatic heterocycles. The number of H-pyrrole nitrogens is 1. The number of rotatable bonds is 7. The molecule has 0 aliphatic rings. The van der Waals surface area contributed by atoms with Crippen molar-refractivity contribution in [1.82, 2.24) is 19.9 Å². The van der Waals surface area contributed by atoms with Crippen LogP contribution in [0.3, 0.4) is 0 Å². The minimum atomic E-state index is 0.223. The molecule has 1 atom stereocenters. The second kappa shape index (κ2) is 6.33. The van der Waals surface area contributed by atoms with Gasteiger partial charge in [0.25, 0.3) is 0 Å². The molecule has 0 aromatic carbocycles. The van der Waals surface area contributed by atoms with Gasteiger partial charge in [-0.2, -0.15) is 9.97 Å². The number of imidazole rings is 1. The Hall–Kier alpha value is -1.89. The summed E-state index contributed by atoms with van der Waals surface area (Å²) < 4.78 is 5.23. The van der Waals surface area contributed by atoms with Crippen LogP contribution in [-0.2, 0) is 4.74 Å². The molecule has 0 bridgehead atoms. The molecule has 7 heteroatoms. The van der Waals surface area contributed by atoms with Crippen LogP contribution in [0.1, 0.15) is 19.8 Å². The normalized spacial score (nSPS) is 12.6. The van der Waals surface area contributed by atoms with E-state index in [4.69, 9.17) is 4.74 Å². The quantitative estimate of drug-likeness (QED) is 0.704. The molecule has 0 fully saturated rings. The monoisotopic (exact) mass is 264 g/mol. The first kappa shape index (κ1) is 13.5. The Labute approximate surface area is 112 Å². The van der Waals surface area contributed by atoms with Gasteiger partial charge >= 0.3 is 0 Å². The van der Waals surface area contributed by atoms with Crippen LogP contribution >= 0.6 is 0 Å². The van der Waals surface area contributed by atoms with Gasteiger partial charge in [-0.25, -0.2) is 4.98 Å². The van der Waals surface area contributed by atoms with Gasteiger partial charge in [0.15, 0.2) is 11.5 Å². The van der Waals surface area contributed by atoms with Gasteiger partial charge in [-0.15, -0.1) is 0 Å². The number of nitrogens with one attached hydrogen (secondary N) is 3. The standard InChI is InChI=1S/C12H20N6O/c1-4-5-8(6-19-3)16-11-9-10(15-7-14-9)17-12(13-2)18-11/h7-8H,4-6H2,1-3H3,(H3,13,14,15,16,17,18). The summed E-state index contributed by atoms with van der Waals surface area (Å²) in [6, 6.07) is 0.223. The molecular weight excluding hydrogens is 244 g/mol. The van der Waals surface area contributed by atoms with E-state index in [2.05, 4.69) is 37.5 Å². The van der Waals surface area contributed by atoms with Crippen molar-refractivity contribution < 1.29 is 4.74 Å². The summed E-state index contributed by atoms with van der Waals surface area (Å²) in [4.78, 5) is 15.9. The van der Waals surface area contributed by atoms with Crippen molar-refractivity contribution in [3.8, 4) is 0 Å². The van der Waals surface area contributed by atoms with Crippen LogP contribution in [0.5, 0.6) is 0 Å². The number of aromatic nitrogens is 4. The van der Waals surface area contributed by atoms with Crippen LogP contribution < -0.4 is 10.6 Å². The SMILES string of the molecule is CCCC(COC)Nc1nc(NC)nc2nc[nH]c12. The molecule has 104 valence electrons. The van der Waals surface area contributed by atoms with Crippen LogP contribution in [0.25, 0.3) is 11.2 Å². The van der Waals surface area contributed by atoms with E-state index in [9.17, 15) is 0 Å². The van der Waals surface area contributed by atoms with E-state index in [1.54, 1.807) is 20.5 Å². The molecular formula is C12H20N6O. The number of fused-ring (bicyclic) bond motifs is 1.